The van der Waals surface area contributed by atoms with E-state index in [0.717, 1.165) is 0 Å². The average Bonchev–Trinajstić information content (AvgIpc) is 2.94. The summed E-state index contributed by atoms with van der Waals surface area (Å²) in [6, 6.07) is 23.9. The molecule has 0 aliphatic rings. The van der Waals surface area contributed by atoms with Crippen LogP contribution in [0.1, 0.15) is 0 Å². The van der Waals surface area contributed by atoms with E-state index in [1.165, 1.54) is 48.5 Å². The maximum Gasteiger partial charge on any atom is 0.270 e. The van der Waals surface area contributed by atoms with E-state index in [0.29, 0.717) is 22.3 Å². The average molecular weight is 555 g/mol. The Morgan fingerprint density at radius 3 is 0.737 bits per heavy atom. The number of benzene rings is 4. The molecule has 0 aromatic heterocycles. The second-order valence-corrected chi connectivity index (χ2v) is 7.23. The number of nitro benzene ring substituents is 4. The number of hydrogen-bond donors (Lipinski definition) is 2. The van der Waals surface area contributed by atoms with Gasteiger partial charge in [0.15, 0.2) is 0 Å². The van der Waals surface area contributed by atoms with Gasteiger partial charge in [0.2, 0.25) is 0 Å². The van der Waals surface area contributed by atoms with E-state index >= 15 is 0 Å². The highest BCUT2D eigenvalue weighted by molar-refractivity contribution is 8.59. The summed E-state index contributed by atoms with van der Waals surface area (Å²) in [5.74, 6) is 0. The molecule has 0 amide bonds. The summed E-state index contributed by atoms with van der Waals surface area (Å²) in [6.45, 7) is 0. The molecule has 194 valence electrons. The normalized spacial score (nSPS) is 9.63. The fourth-order valence-corrected chi connectivity index (χ4v) is 3.20. The quantitative estimate of drug-likeness (QED) is 0.110. The molecular weight excluding hydrogens is 536 g/mol. The SMILES string of the molecule is O=[N+]([O-])c1cccc(-c2cccc([N+](=O)[O-])c2)c1.O=[N+]([O-])c1cccc(-c2cccc([N+](=O)[O-])c2)c1.SS. The third-order valence-corrected chi connectivity index (χ3v) is 4.89. The lowest BCUT2D eigenvalue weighted by Crippen LogP contribution is -1.90. The van der Waals surface area contributed by atoms with Crippen molar-refractivity contribution in [1.82, 2.24) is 0 Å². The summed E-state index contributed by atoms with van der Waals surface area (Å²) in [7, 11) is 0. The zero-order valence-corrected chi connectivity index (χ0v) is 21.0. The molecule has 0 N–H and O–H groups in total. The second-order valence-electron chi connectivity index (χ2n) is 7.23. The Labute approximate surface area is 225 Å². The van der Waals surface area contributed by atoms with Crippen molar-refractivity contribution < 1.29 is 19.7 Å². The number of nitro groups is 4. The van der Waals surface area contributed by atoms with E-state index in [-0.39, 0.29) is 22.7 Å². The lowest BCUT2D eigenvalue weighted by atomic mass is 10.0. The van der Waals surface area contributed by atoms with Crippen molar-refractivity contribution in [2.24, 2.45) is 0 Å². The van der Waals surface area contributed by atoms with Gasteiger partial charge >= 0.3 is 0 Å². The zero-order valence-electron chi connectivity index (χ0n) is 19.2. The van der Waals surface area contributed by atoms with Gasteiger partial charge in [0, 0.05) is 48.5 Å². The van der Waals surface area contributed by atoms with E-state index in [2.05, 4.69) is 23.3 Å². The molecule has 0 aliphatic carbocycles. The summed E-state index contributed by atoms with van der Waals surface area (Å²) >= 11 is 6.44. The molecule has 0 heterocycles. The molecule has 4 rings (SSSR count). The first-order valence-corrected chi connectivity index (χ1v) is 11.9. The number of hydrogen-bond acceptors (Lipinski definition) is 10. The highest BCUT2D eigenvalue weighted by atomic mass is 33.1. The van der Waals surface area contributed by atoms with Crippen molar-refractivity contribution in [2.75, 3.05) is 0 Å². The van der Waals surface area contributed by atoms with Crippen molar-refractivity contribution in [3.63, 3.8) is 0 Å². The van der Waals surface area contributed by atoms with Gasteiger partial charge in [-0.15, -0.1) is 23.3 Å². The first-order valence-electron chi connectivity index (χ1n) is 10.3. The molecule has 12 nitrogen and oxygen atoms in total. The molecule has 0 spiro atoms. The van der Waals surface area contributed by atoms with E-state index in [1.54, 1.807) is 48.5 Å². The van der Waals surface area contributed by atoms with Gasteiger partial charge in [-0.1, -0.05) is 48.5 Å². The first kappa shape index (κ1) is 29.4. The minimum Gasteiger partial charge on any atom is -0.258 e. The summed E-state index contributed by atoms with van der Waals surface area (Å²) in [4.78, 5) is 40.6. The molecule has 4 aromatic rings. The number of rotatable bonds is 6. The second kappa shape index (κ2) is 14.1. The van der Waals surface area contributed by atoms with Crippen molar-refractivity contribution in [2.45, 2.75) is 0 Å². The number of nitrogens with zero attached hydrogens (tertiary/aromatic N) is 4. The van der Waals surface area contributed by atoms with Gasteiger partial charge in [0.25, 0.3) is 22.7 Å². The third-order valence-electron chi connectivity index (χ3n) is 4.89. The molecule has 4 aromatic carbocycles. The predicted molar refractivity (Wildman–Crippen MR) is 148 cm³/mol. The molecule has 0 saturated heterocycles. The largest absolute Gasteiger partial charge is 0.270 e. The van der Waals surface area contributed by atoms with Crippen LogP contribution in [0.2, 0.25) is 0 Å². The first-order chi connectivity index (χ1) is 18.2. The fraction of sp³-hybridized carbons (Fsp3) is 0. The van der Waals surface area contributed by atoms with Crippen LogP contribution in [-0.2, 0) is 0 Å². The van der Waals surface area contributed by atoms with Crippen LogP contribution in [0, 0.1) is 40.5 Å². The molecule has 14 heteroatoms. The highest BCUT2D eigenvalue weighted by Crippen LogP contribution is 2.27. The summed E-state index contributed by atoms with van der Waals surface area (Å²) < 4.78 is 0. The molecule has 0 aliphatic heterocycles. The van der Waals surface area contributed by atoms with Crippen LogP contribution in [0.15, 0.2) is 97.1 Å². The van der Waals surface area contributed by atoms with Crippen molar-refractivity contribution in [3.05, 3.63) is 138 Å². The number of non-ortho nitro benzene ring substituents is 4. The summed E-state index contributed by atoms with van der Waals surface area (Å²) in [5, 5.41) is 42.6. The molecule has 0 saturated carbocycles. The molecule has 0 fully saturated rings. The van der Waals surface area contributed by atoms with Gasteiger partial charge in [0.1, 0.15) is 0 Å². The van der Waals surface area contributed by atoms with E-state index < -0.39 is 19.7 Å². The zero-order chi connectivity index (χ0) is 28.2. The summed E-state index contributed by atoms with van der Waals surface area (Å²) in [6.07, 6.45) is 0. The molecule has 0 radical (unpaired) electrons. The topological polar surface area (TPSA) is 173 Å². The monoisotopic (exact) mass is 554 g/mol. The third kappa shape index (κ3) is 8.11. The van der Waals surface area contributed by atoms with Crippen molar-refractivity contribution in [3.8, 4) is 22.3 Å². The van der Waals surface area contributed by atoms with Crippen LogP contribution in [0.25, 0.3) is 22.3 Å². The Hall–Kier alpha value is -4.82. The Morgan fingerprint density at radius 2 is 0.579 bits per heavy atom. The lowest BCUT2D eigenvalue weighted by molar-refractivity contribution is -0.385. The van der Waals surface area contributed by atoms with E-state index in [1.807, 2.05) is 0 Å². The van der Waals surface area contributed by atoms with Crippen LogP contribution in [0.5, 0.6) is 0 Å². The minimum atomic E-state index is -0.499. The van der Waals surface area contributed by atoms with E-state index in [9.17, 15) is 40.5 Å². The van der Waals surface area contributed by atoms with Gasteiger partial charge in [0.05, 0.1) is 19.7 Å². The standard InChI is InChI=1S/2C12H8N2O4.H2S2/c2*15-13(16)11-5-1-3-9(7-11)10-4-2-6-12(8-10)14(17)18;1-2/h2*1-8H;1-2H. The van der Waals surface area contributed by atoms with Gasteiger partial charge in [-0.2, -0.15) is 0 Å². The van der Waals surface area contributed by atoms with Crippen LogP contribution >= 0.6 is 23.3 Å². The molecule has 0 bridgehead atoms. The number of thiol groups is 2. The fourth-order valence-electron chi connectivity index (χ4n) is 3.20. The van der Waals surface area contributed by atoms with Crippen LogP contribution < -0.4 is 0 Å². The van der Waals surface area contributed by atoms with Crippen LogP contribution in [0.4, 0.5) is 22.7 Å². The van der Waals surface area contributed by atoms with Gasteiger partial charge in [-0.3, -0.25) is 40.5 Å². The molecule has 38 heavy (non-hydrogen) atoms. The smallest absolute Gasteiger partial charge is 0.258 e. The van der Waals surface area contributed by atoms with E-state index in [4.69, 9.17) is 0 Å². The Bertz CT molecular complexity index is 1260. The van der Waals surface area contributed by atoms with Gasteiger partial charge < -0.3 is 0 Å². The van der Waals surface area contributed by atoms with Gasteiger partial charge in [-0.05, 0) is 22.3 Å². The molecule has 0 unspecified atom stereocenters. The van der Waals surface area contributed by atoms with Crippen LogP contribution in [-0.4, -0.2) is 19.7 Å². The van der Waals surface area contributed by atoms with Crippen LogP contribution in [0.3, 0.4) is 0 Å². The van der Waals surface area contributed by atoms with Crippen molar-refractivity contribution in [1.29, 1.82) is 0 Å². The highest BCUT2D eigenvalue weighted by Gasteiger charge is 2.11. The maximum atomic E-state index is 10.7. The van der Waals surface area contributed by atoms with Crippen molar-refractivity contribution >= 4 is 46.1 Å². The maximum absolute atomic E-state index is 10.7. The summed E-state index contributed by atoms with van der Waals surface area (Å²) in [5.41, 5.74) is 2.14. The Morgan fingerprint density at radius 1 is 0.395 bits per heavy atom. The predicted octanol–water partition coefficient (Wildman–Crippen LogP) is 7.10. The van der Waals surface area contributed by atoms with Gasteiger partial charge in [-0.25, -0.2) is 0 Å². The lowest BCUT2D eigenvalue weighted by Gasteiger charge is -2.01. The Balaban J connectivity index is 0.000000251. The minimum absolute atomic E-state index is 0.0426. The molecule has 0 atom stereocenters. The Kier molecular flexibility index (Phi) is 10.9. The molecular formula is C24H18N4O8S2.